The molecule has 1 amide bonds. The van der Waals surface area contributed by atoms with E-state index in [1.807, 2.05) is 38.1 Å². The standard InChI is InChI=1S/C16H16ClN5O/c1-10-6-7-22-15(19-10)12(9-18-22)16(23)20-13-8-11(17)4-5-14(13)21(2)3/h4-9H,1-3H3,(H,20,23). The fraction of sp³-hybridized carbons (Fsp3) is 0.188. The molecule has 0 aliphatic rings. The Hall–Kier alpha value is -2.60. The predicted molar refractivity (Wildman–Crippen MR) is 91.5 cm³/mol. The van der Waals surface area contributed by atoms with Crippen molar-refractivity contribution in [2.75, 3.05) is 24.3 Å². The van der Waals surface area contributed by atoms with E-state index in [2.05, 4.69) is 15.4 Å². The first kappa shape index (κ1) is 15.3. The van der Waals surface area contributed by atoms with E-state index in [0.29, 0.717) is 21.9 Å². The summed E-state index contributed by atoms with van der Waals surface area (Å²) in [6, 6.07) is 7.20. The molecular formula is C16H16ClN5O. The van der Waals surface area contributed by atoms with Gasteiger partial charge in [0.05, 0.1) is 17.6 Å². The third-order valence-electron chi connectivity index (χ3n) is 3.44. The summed E-state index contributed by atoms with van der Waals surface area (Å²) in [6.45, 7) is 1.87. The number of amides is 1. The van der Waals surface area contributed by atoms with Gasteiger partial charge >= 0.3 is 0 Å². The lowest BCUT2D eigenvalue weighted by Crippen LogP contribution is -2.17. The molecule has 1 aromatic carbocycles. The van der Waals surface area contributed by atoms with Crippen molar-refractivity contribution in [3.8, 4) is 0 Å². The van der Waals surface area contributed by atoms with Gasteiger partial charge < -0.3 is 10.2 Å². The summed E-state index contributed by atoms with van der Waals surface area (Å²) in [5.41, 5.74) is 3.26. The predicted octanol–water partition coefficient (Wildman–Crippen LogP) is 3.01. The number of aromatic nitrogens is 3. The average molecular weight is 330 g/mol. The second-order valence-electron chi connectivity index (χ2n) is 5.41. The molecule has 0 radical (unpaired) electrons. The van der Waals surface area contributed by atoms with Crippen LogP contribution in [0, 0.1) is 6.92 Å². The zero-order valence-electron chi connectivity index (χ0n) is 13.0. The Morgan fingerprint density at radius 2 is 2.09 bits per heavy atom. The molecule has 7 heteroatoms. The number of rotatable bonds is 3. The summed E-state index contributed by atoms with van der Waals surface area (Å²) in [5, 5.41) is 7.60. The lowest BCUT2D eigenvalue weighted by Gasteiger charge is -2.18. The van der Waals surface area contributed by atoms with Crippen molar-refractivity contribution >= 4 is 34.5 Å². The lowest BCUT2D eigenvalue weighted by atomic mass is 10.2. The molecule has 3 rings (SSSR count). The minimum atomic E-state index is -0.275. The van der Waals surface area contributed by atoms with E-state index in [1.54, 1.807) is 22.8 Å². The normalized spacial score (nSPS) is 10.8. The van der Waals surface area contributed by atoms with Crippen molar-refractivity contribution in [3.63, 3.8) is 0 Å². The van der Waals surface area contributed by atoms with Gasteiger partial charge in [0.2, 0.25) is 0 Å². The number of halogens is 1. The quantitative estimate of drug-likeness (QED) is 0.802. The Balaban J connectivity index is 1.98. The van der Waals surface area contributed by atoms with Crippen LogP contribution in [-0.4, -0.2) is 34.6 Å². The van der Waals surface area contributed by atoms with Crippen molar-refractivity contribution in [1.82, 2.24) is 14.6 Å². The van der Waals surface area contributed by atoms with E-state index in [1.165, 1.54) is 6.20 Å². The fourth-order valence-corrected chi connectivity index (χ4v) is 2.48. The number of benzene rings is 1. The van der Waals surface area contributed by atoms with E-state index in [9.17, 15) is 4.79 Å². The van der Waals surface area contributed by atoms with E-state index < -0.39 is 0 Å². The van der Waals surface area contributed by atoms with E-state index in [-0.39, 0.29) is 5.91 Å². The van der Waals surface area contributed by atoms with Gasteiger partial charge in [0.1, 0.15) is 5.56 Å². The Bertz CT molecular complexity index is 887. The van der Waals surface area contributed by atoms with Gasteiger partial charge in [0.25, 0.3) is 5.91 Å². The van der Waals surface area contributed by atoms with Crippen LogP contribution in [0.15, 0.2) is 36.7 Å². The van der Waals surface area contributed by atoms with Gasteiger partial charge in [-0.25, -0.2) is 9.50 Å². The van der Waals surface area contributed by atoms with Crippen LogP contribution in [0.5, 0.6) is 0 Å². The number of anilines is 2. The maximum atomic E-state index is 12.6. The molecule has 0 saturated heterocycles. The van der Waals surface area contributed by atoms with Gasteiger partial charge in [-0.1, -0.05) is 11.6 Å². The molecule has 0 atom stereocenters. The Labute approximate surface area is 138 Å². The highest BCUT2D eigenvalue weighted by Gasteiger charge is 2.16. The van der Waals surface area contributed by atoms with Crippen LogP contribution in [0.25, 0.3) is 5.65 Å². The highest BCUT2D eigenvalue weighted by atomic mass is 35.5. The molecule has 0 saturated carbocycles. The fourth-order valence-electron chi connectivity index (χ4n) is 2.31. The van der Waals surface area contributed by atoms with Gasteiger partial charge in [-0.3, -0.25) is 4.79 Å². The molecule has 0 aliphatic carbocycles. The number of nitrogens with one attached hydrogen (secondary N) is 1. The van der Waals surface area contributed by atoms with Crippen molar-refractivity contribution < 1.29 is 4.79 Å². The lowest BCUT2D eigenvalue weighted by molar-refractivity contribution is 0.102. The molecule has 2 aromatic heterocycles. The van der Waals surface area contributed by atoms with Crippen LogP contribution in [-0.2, 0) is 0 Å². The van der Waals surface area contributed by atoms with Crippen LogP contribution < -0.4 is 10.2 Å². The molecule has 0 bridgehead atoms. The van der Waals surface area contributed by atoms with Crippen molar-refractivity contribution in [1.29, 1.82) is 0 Å². The molecule has 118 valence electrons. The number of hydrogen-bond donors (Lipinski definition) is 1. The zero-order chi connectivity index (χ0) is 16.6. The Kier molecular flexibility index (Phi) is 3.92. The summed E-state index contributed by atoms with van der Waals surface area (Å²) < 4.78 is 1.58. The molecule has 0 spiro atoms. The molecule has 1 N–H and O–H groups in total. The molecule has 0 aliphatic heterocycles. The number of aryl methyl sites for hydroxylation is 1. The largest absolute Gasteiger partial charge is 0.376 e. The highest BCUT2D eigenvalue weighted by molar-refractivity contribution is 6.31. The monoisotopic (exact) mass is 329 g/mol. The first-order valence-corrected chi connectivity index (χ1v) is 7.43. The highest BCUT2D eigenvalue weighted by Crippen LogP contribution is 2.28. The van der Waals surface area contributed by atoms with Gasteiger partial charge in [0.15, 0.2) is 5.65 Å². The van der Waals surface area contributed by atoms with Gasteiger partial charge in [-0.05, 0) is 31.2 Å². The first-order valence-electron chi connectivity index (χ1n) is 7.05. The molecule has 6 nitrogen and oxygen atoms in total. The molecule has 0 unspecified atom stereocenters. The number of fused-ring (bicyclic) bond motifs is 1. The van der Waals surface area contributed by atoms with Crippen LogP contribution in [0.2, 0.25) is 5.02 Å². The molecule has 23 heavy (non-hydrogen) atoms. The summed E-state index contributed by atoms with van der Waals surface area (Å²) in [6.07, 6.45) is 3.29. The van der Waals surface area contributed by atoms with Crippen LogP contribution in [0.1, 0.15) is 16.1 Å². The van der Waals surface area contributed by atoms with Crippen molar-refractivity contribution in [3.05, 3.63) is 52.9 Å². The second-order valence-corrected chi connectivity index (χ2v) is 5.84. The average Bonchev–Trinajstić information content (AvgIpc) is 2.89. The van der Waals surface area contributed by atoms with Crippen LogP contribution >= 0.6 is 11.6 Å². The van der Waals surface area contributed by atoms with E-state index in [4.69, 9.17) is 11.6 Å². The number of carbonyl (C=O) groups is 1. The van der Waals surface area contributed by atoms with E-state index >= 15 is 0 Å². The molecule has 2 heterocycles. The summed E-state index contributed by atoms with van der Waals surface area (Å²) in [5.74, 6) is -0.275. The Morgan fingerprint density at radius 3 is 2.83 bits per heavy atom. The van der Waals surface area contributed by atoms with E-state index in [0.717, 1.165) is 11.4 Å². The maximum Gasteiger partial charge on any atom is 0.261 e. The summed E-state index contributed by atoms with van der Waals surface area (Å²) in [7, 11) is 3.80. The summed E-state index contributed by atoms with van der Waals surface area (Å²) in [4.78, 5) is 18.9. The third kappa shape index (κ3) is 2.98. The number of carbonyl (C=O) groups excluding carboxylic acids is 1. The number of nitrogens with zero attached hydrogens (tertiary/aromatic N) is 4. The number of hydrogen-bond acceptors (Lipinski definition) is 4. The zero-order valence-corrected chi connectivity index (χ0v) is 13.8. The maximum absolute atomic E-state index is 12.6. The van der Waals surface area contributed by atoms with Gasteiger partial charge in [0, 0.05) is 31.0 Å². The SMILES string of the molecule is Cc1ccn2ncc(C(=O)Nc3cc(Cl)ccc3N(C)C)c2n1. The second kappa shape index (κ2) is 5.89. The molecule has 3 aromatic rings. The smallest absolute Gasteiger partial charge is 0.261 e. The summed E-state index contributed by atoms with van der Waals surface area (Å²) >= 11 is 6.05. The van der Waals surface area contributed by atoms with Crippen molar-refractivity contribution in [2.24, 2.45) is 0 Å². The van der Waals surface area contributed by atoms with Crippen LogP contribution in [0.4, 0.5) is 11.4 Å². The van der Waals surface area contributed by atoms with Gasteiger partial charge in [-0.2, -0.15) is 5.10 Å². The third-order valence-corrected chi connectivity index (χ3v) is 3.68. The molecule has 0 fully saturated rings. The van der Waals surface area contributed by atoms with Crippen molar-refractivity contribution in [2.45, 2.75) is 6.92 Å². The molecular weight excluding hydrogens is 314 g/mol. The first-order chi connectivity index (χ1) is 11.0. The minimum Gasteiger partial charge on any atom is -0.376 e. The minimum absolute atomic E-state index is 0.275. The van der Waals surface area contributed by atoms with Gasteiger partial charge in [-0.15, -0.1) is 0 Å². The van der Waals surface area contributed by atoms with Crippen LogP contribution in [0.3, 0.4) is 0 Å². The Morgan fingerprint density at radius 1 is 1.30 bits per heavy atom. The topological polar surface area (TPSA) is 62.5 Å².